The molecule has 0 unspecified atom stereocenters. The predicted molar refractivity (Wildman–Crippen MR) is 107 cm³/mol. The van der Waals surface area contributed by atoms with Crippen LogP contribution in [0.4, 0.5) is 4.39 Å². The summed E-state index contributed by atoms with van der Waals surface area (Å²) in [7, 11) is 0. The Hall–Kier alpha value is -3.55. The van der Waals surface area contributed by atoms with Crippen LogP contribution < -0.4 is 5.32 Å². The molecule has 2 aromatic rings. The number of nitrogens with zero attached hydrogens (tertiary/aromatic N) is 1. The molecule has 2 aliphatic rings. The Bertz CT molecular complexity index is 996. The second-order valence-corrected chi connectivity index (χ2v) is 7.65. The molecular formula is C23H21FN2O5. The Labute approximate surface area is 178 Å². The molecule has 4 rings (SSSR count). The zero-order chi connectivity index (χ0) is 22.0. The van der Waals surface area contributed by atoms with E-state index < -0.39 is 42.2 Å². The number of rotatable bonds is 6. The highest BCUT2D eigenvalue weighted by atomic mass is 19.1. The van der Waals surface area contributed by atoms with Gasteiger partial charge in [-0.05, 0) is 37.1 Å². The summed E-state index contributed by atoms with van der Waals surface area (Å²) in [6, 6.07) is 11.3. The number of fused-ring (bicyclic) bond motifs is 1. The van der Waals surface area contributed by atoms with Crippen molar-refractivity contribution in [3.8, 4) is 0 Å². The van der Waals surface area contributed by atoms with Crippen LogP contribution in [0.25, 0.3) is 0 Å². The van der Waals surface area contributed by atoms with Crippen LogP contribution in [0.2, 0.25) is 0 Å². The lowest BCUT2D eigenvalue weighted by Gasteiger charge is -2.22. The summed E-state index contributed by atoms with van der Waals surface area (Å²) in [6.07, 6.45) is 2.37. The van der Waals surface area contributed by atoms with Crippen molar-refractivity contribution < 1.29 is 28.3 Å². The largest absolute Gasteiger partial charge is 0.446 e. The van der Waals surface area contributed by atoms with E-state index in [9.17, 15) is 23.6 Å². The highest BCUT2D eigenvalue weighted by Gasteiger charge is 2.37. The second kappa shape index (κ2) is 8.67. The fourth-order valence-corrected chi connectivity index (χ4v) is 3.94. The molecule has 1 fully saturated rings. The highest BCUT2D eigenvalue weighted by molar-refractivity contribution is 6.22. The highest BCUT2D eigenvalue weighted by Crippen LogP contribution is 2.25. The van der Waals surface area contributed by atoms with Crippen LogP contribution >= 0.6 is 0 Å². The number of halogens is 1. The van der Waals surface area contributed by atoms with E-state index in [1.54, 1.807) is 12.1 Å². The Morgan fingerprint density at radius 2 is 1.58 bits per heavy atom. The van der Waals surface area contributed by atoms with Crippen molar-refractivity contribution in [2.24, 2.45) is 0 Å². The van der Waals surface area contributed by atoms with Gasteiger partial charge in [-0.2, -0.15) is 0 Å². The SMILES string of the molecule is O=C(CN1C(=O)c2ccccc2C1=O)O[C@@H](C(=O)NC1CCCC1)c1ccc(F)cc1. The van der Waals surface area contributed by atoms with Gasteiger partial charge < -0.3 is 10.1 Å². The van der Waals surface area contributed by atoms with Gasteiger partial charge >= 0.3 is 5.97 Å². The number of carbonyl (C=O) groups is 4. The van der Waals surface area contributed by atoms with Gasteiger partial charge in [0.25, 0.3) is 17.7 Å². The summed E-state index contributed by atoms with van der Waals surface area (Å²) in [5.74, 6) is -3.10. The van der Waals surface area contributed by atoms with E-state index >= 15 is 0 Å². The van der Waals surface area contributed by atoms with Gasteiger partial charge in [0, 0.05) is 11.6 Å². The summed E-state index contributed by atoms with van der Waals surface area (Å²) in [4.78, 5) is 51.2. The summed E-state index contributed by atoms with van der Waals surface area (Å²) in [6.45, 7) is -0.624. The first-order chi connectivity index (χ1) is 14.9. The number of hydrogen-bond acceptors (Lipinski definition) is 5. The maximum absolute atomic E-state index is 13.3. The summed E-state index contributed by atoms with van der Waals surface area (Å²) >= 11 is 0. The fourth-order valence-electron chi connectivity index (χ4n) is 3.94. The Morgan fingerprint density at radius 1 is 1.00 bits per heavy atom. The van der Waals surface area contributed by atoms with Crippen LogP contribution in [0.1, 0.15) is 58.1 Å². The number of benzene rings is 2. The summed E-state index contributed by atoms with van der Waals surface area (Å²) in [5, 5.41) is 2.87. The molecule has 0 saturated heterocycles. The Balaban J connectivity index is 1.49. The molecule has 1 heterocycles. The topological polar surface area (TPSA) is 92.8 Å². The average Bonchev–Trinajstić information content (AvgIpc) is 3.36. The molecule has 1 atom stereocenters. The van der Waals surface area contributed by atoms with E-state index in [0.29, 0.717) is 5.56 Å². The minimum atomic E-state index is -1.32. The van der Waals surface area contributed by atoms with Crippen LogP contribution in [0, 0.1) is 5.82 Å². The molecule has 8 heteroatoms. The van der Waals surface area contributed by atoms with Crippen molar-refractivity contribution in [3.05, 3.63) is 71.0 Å². The van der Waals surface area contributed by atoms with Crippen LogP contribution in [-0.2, 0) is 14.3 Å². The molecule has 1 aliphatic carbocycles. The molecule has 1 N–H and O–H groups in total. The molecule has 3 amide bonds. The summed E-state index contributed by atoms with van der Waals surface area (Å²) < 4.78 is 18.7. The van der Waals surface area contributed by atoms with Gasteiger partial charge in [-0.25, -0.2) is 4.39 Å². The Morgan fingerprint density at radius 3 is 2.16 bits per heavy atom. The number of hydrogen-bond donors (Lipinski definition) is 1. The molecule has 7 nitrogen and oxygen atoms in total. The molecule has 160 valence electrons. The van der Waals surface area contributed by atoms with E-state index in [-0.39, 0.29) is 17.2 Å². The minimum Gasteiger partial charge on any atom is -0.446 e. The maximum atomic E-state index is 13.3. The van der Waals surface area contributed by atoms with Gasteiger partial charge in [0.1, 0.15) is 12.4 Å². The smallest absolute Gasteiger partial charge is 0.327 e. The normalized spacial score (nSPS) is 16.9. The van der Waals surface area contributed by atoms with Crippen LogP contribution in [0.3, 0.4) is 0 Å². The first-order valence-corrected chi connectivity index (χ1v) is 10.1. The first-order valence-electron chi connectivity index (χ1n) is 10.1. The predicted octanol–water partition coefficient (Wildman–Crippen LogP) is 2.77. The molecule has 1 saturated carbocycles. The second-order valence-electron chi connectivity index (χ2n) is 7.65. The van der Waals surface area contributed by atoms with Gasteiger partial charge in [-0.15, -0.1) is 0 Å². The van der Waals surface area contributed by atoms with Gasteiger partial charge in [0.2, 0.25) is 6.10 Å². The molecule has 0 spiro atoms. The molecule has 0 aromatic heterocycles. The number of esters is 1. The quantitative estimate of drug-likeness (QED) is 0.569. The lowest BCUT2D eigenvalue weighted by Crippen LogP contribution is -2.40. The van der Waals surface area contributed by atoms with Crippen molar-refractivity contribution in [3.63, 3.8) is 0 Å². The molecular weight excluding hydrogens is 403 g/mol. The van der Waals surface area contributed by atoms with Crippen molar-refractivity contribution in [1.82, 2.24) is 10.2 Å². The third kappa shape index (κ3) is 4.33. The standard InChI is InChI=1S/C23H21FN2O5/c24-15-11-9-14(10-12-15)20(21(28)25-16-5-1-2-6-16)31-19(27)13-26-22(29)17-7-3-4-8-18(17)23(26)30/h3-4,7-12,16,20H,1-2,5-6,13H2,(H,25,28)/t20-/m1/s1. The van der Waals surface area contributed by atoms with E-state index in [0.717, 1.165) is 30.6 Å². The average molecular weight is 424 g/mol. The molecule has 0 radical (unpaired) electrons. The van der Waals surface area contributed by atoms with E-state index in [2.05, 4.69) is 5.32 Å². The van der Waals surface area contributed by atoms with Gasteiger partial charge in [0.15, 0.2) is 0 Å². The third-order valence-electron chi connectivity index (χ3n) is 5.53. The molecule has 2 aromatic carbocycles. The van der Waals surface area contributed by atoms with E-state index in [4.69, 9.17) is 4.74 Å². The molecule has 0 bridgehead atoms. The number of carbonyl (C=O) groups excluding carboxylic acids is 4. The monoisotopic (exact) mass is 424 g/mol. The zero-order valence-electron chi connectivity index (χ0n) is 16.7. The fraction of sp³-hybridized carbons (Fsp3) is 0.304. The lowest BCUT2D eigenvalue weighted by atomic mass is 10.1. The number of imide groups is 1. The van der Waals surface area contributed by atoms with Gasteiger partial charge in [-0.3, -0.25) is 24.1 Å². The van der Waals surface area contributed by atoms with Crippen molar-refractivity contribution in [2.45, 2.75) is 37.8 Å². The van der Waals surface area contributed by atoms with Crippen molar-refractivity contribution >= 4 is 23.7 Å². The lowest BCUT2D eigenvalue weighted by molar-refractivity contribution is -0.156. The first kappa shape index (κ1) is 20.7. The zero-order valence-corrected chi connectivity index (χ0v) is 16.7. The third-order valence-corrected chi connectivity index (χ3v) is 5.53. The molecule has 31 heavy (non-hydrogen) atoms. The van der Waals surface area contributed by atoms with E-state index in [1.807, 2.05) is 0 Å². The van der Waals surface area contributed by atoms with Gasteiger partial charge in [0.05, 0.1) is 11.1 Å². The van der Waals surface area contributed by atoms with Crippen molar-refractivity contribution in [1.29, 1.82) is 0 Å². The Kier molecular flexibility index (Phi) is 5.79. The van der Waals surface area contributed by atoms with Crippen LogP contribution in [0.5, 0.6) is 0 Å². The van der Waals surface area contributed by atoms with Gasteiger partial charge in [-0.1, -0.05) is 37.1 Å². The number of nitrogens with one attached hydrogen (secondary N) is 1. The summed E-state index contributed by atoms with van der Waals surface area (Å²) in [5.41, 5.74) is 0.733. The van der Waals surface area contributed by atoms with Crippen molar-refractivity contribution in [2.75, 3.05) is 6.54 Å². The van der Waals surface area contributed by atoms with Crippen LogP contribution in [-0.4, -0.2) is 41.2 Å². The van der Waals surface area contributed by atoms with E-state index in [1.165, 1.54) is 36.4 Å². The minimum absolute atomic E-state index is 0.00890. The molecule has 1 aliphatic heterocycles. The van der Waals surface area contributed by atoms with Crippen LogP contribution in [0.15, 0.2) is 48.5 Å². The number of ether oxygens (including phenoxy) is 1. The maximum Gasteiger partial charge on any atom is 0.327 e. The number of amides is 3.